The molecule has 2 aromatic carbocycles. The fraction of sp³-hybridized carbons (Fsp3) is 0.235. The second kappa shape index (κ2) is 7.65. The molecule has 116 valence electrons. The van der Waals surface area contributed by atoms with Gasteiger partial charge in [0.15, 0.2) is 0 Å². The van der Waals surface area contributed by atoms with Crippen molar-refractivity contribution in [3.8, 4) is 0 Å². The molecule has 1 amide bonds. The van der Waals surface area contributed by atoms with Crippen molar-refractivity contribution >= 4 is 35.0 Å². The smallest absolute Gasteiger partial charge is 0.237 e. The van der Waals surface area contributed by atoms with Crippen LogP contribution in [0.2, 0.25) is 5.02 Å². The highest BCUT2D eigenvalue weighted by Crippen LogP contribution is 2.22. The molecular weight excluding hydrogens is 321 g/mol. The first-order valence-corrected chi connectivity index (χ1v) is 8.31. The van der Waals surface area contributed by atoms with Gasteiger partial charge in [0.1, 0.15) is 5.82 Å². The lowest BCUT2D eigenvalue weighted by atomic mass is 10.2. The first kappa shape index (κ1) is 16.8. The summed E-state index contributed by atoms with van der Waals surface area (Å²) in [6, 6.07) is 12.2. The Morgan fingerprint density at radius 2 is 2.09 bits per heavy atom. The van der Waals surface area contributed by atoms with Gasteiger partial charge in [-0.05, 0) is 49.2 Å². The van der Waals surface area contributed by atoms with E-state index in [-0.39, 0.29) is 17.0 Å². The Morgan fingerprint density at radius 3 is 2.77 bits per heavy atom. The first-order chi connectivity index (χ1) is 10.5. The van der Waals surface area contributed by atoms with Crippen LogP contribution in [0, 0.1) is 12.7 Å². The van der Waals surface area contributed by atoms with Gasteiger partial charge in [-0.25, -0.2) is 4.39 Å². The molecule has 0 saturated heterocycles. The molecule has 2 nitrogen and oxygen atoms in total. The van der Waals surface area contributed by atoms with E-state index >= 15 is 0 Å². The van der Waals surface area contributed by atoms with Gasteiger partial charge in [-0.2, -0.15) is 0 Å². The number of anilines is 1. The summed E-state index contributed by atoms with van der Waals surface area (Å²) in [7, 11) is 0. The number of amides is 1. The molecule has 0 fully saturated rings. The van der Waals surface area contributed by atoms with Gasteiger partial charge in [-0.15, -0.1) is 11.8 Å². The van der Waals surface area contributed by atoms with E-state index in [1.807, 2.05) is 31.2 Å². The molecule has 5 heteroatoms. The fourth-order valence-corrected chi connectivity index (χ4v) is 2.88. The summed E-state index contributed by atoms with van der Waals surface area (Å²) in [4.78, 5) is 12.1. The maximum atomic E-state index is 13.5. The third-order valence-corrected chi connectivity index (χ3v) is 4.65. The zero-order valence-electron chi connectivity index (χ0n) is 12.4. The van der Waals surface area contributed by atoms with Crippen molar-refractivity contribution in [2.45, 2.75) is 24.9 Å². The monoisotopic (exact) mass is 337 g/mol. The molecule has 0 radical (unpaired) electrons. The van der Waals surface area contributed by atoms with Crippen molar-refractivity contribution in [2.75, 3.05) is 5.32 Å². The molecule has 0 bridgehead atoms. The van der Waals surface area contributed by atoms with Crippen molar-refractivity contribution in [1.29, 1.82) is 0 Å². The number of carbonyl (C=O) groups excluding carboxylic acids is 1. The summed E-state index contributed by atoms with van der Waals surface area (Å²) >= 11 is 7.44. The predicted molar refractivity (Wildman–Crippen MR) is 92.0 cm³/mol. The second-order valence-electron chi connectivity index (χ2n) is 5.04. The molecule has 0 spiro atoms. The highest BCUT2D eigenvalue weighted by Gasteiger charge is 2.14. The molecule has 0 heterocycles. The Kier molecular flexibility index (Phi) is 5.86. The van der Waals surface area contributed by atoms with Crippen LogP contribution >= 0.6 is 23.4 Å². The SMILES string of the molecule is Cc1ccc(NC(=O)[C@H](C)SCc2cccc(Cl)c2)cc1F. The van der Waals surface area contributed by atoms with E-state index in [9.17, 15) is 9.18 Å². The number of hydrogen-bond acceptors (Lipinski definition) is 2. The first-order valence-electron chi connectivity index (χ1n) is 6.89. The predicted octanol–water partition coefficient (Wildman–Crippen LogP) is 5.05. The minimum absolute atomic E-state index is 0.143. The van der Waals surface area contributed by atoms with Crippen LogP contribution < -0.4 is 5.32 Å². The van der Waals surface area contributed by atoms with Crippen LogP contribution in [0.15, 0.2) is 42.5 Å². The van der Waals surface area contributed by atoms with E-state index < -0.39 is 0 Å². The summed E-state index contributed by atoms with van der Waals surface area (Å²) in [6.07, 6.45) is 0. The molecule has 0 aliphatic rings. The summed E-state index contributed by atoms with van der Waals surface area (Å²) in [5.41, 5.74) is 2.10. The molecule has 0 aliphatic heterocycles. The van der Waals surface area contributed by atoms with E-state index in [4.69, 9.17) is 11.6 Å². The summed E-state index contributed by atoms with van der Waals surface area (Å²) in [6.45, 7) is 3.51. The maximum absolute atomic E-state index is 13.5. The van der Waals surface area contributed by atoms with Gasteiger partial charge in [0.05, 0.1) is 5.25 Å². The minimum atomic E-state index is -0.322. The molecule has 0 saturated carbocycles. The number of halogens is 2. The molecule has 2 aromatic rings. The largest absolute Gasteiger partial charge is 0.325 e. The normalized spacial score (nSPS) is 12.0. The molecular formula is C17H17ClFNOS. The summed E-state index contributed by atoms with van der Waals surface area (Å²) in [5.74, 6) is 0.226. The average Bonchev–Trinajstić information content (AvgIpc) is 2.48. The van der Waals surface area contributed by atoms with Crippen molar-refractivity contribution < 1.29 is 9.18 Å². The Hall–Kier alpha value is -1.52. The van der Waals surface area contributed by atoms with Gasteiger partial charge in [0, 0.05) is 16.5 Å². The maximum Gasteiger partial charge on any atom is 0.237 e. The van der Waals surface area contributed by atoms with Crippen LogP contribution in [0.3, 0.4) is 0 Å². The Morgan fingerprint density at radius 1 is 1.32 bits per heavy atom. The fourth-order valence-electron chi connectivity index (χ4n) is 1.84. The lowest BCUT2D eigenvalue weighted by molar-refractivity contribution is -0.115. The zero-order valence-corrected chi connectivity index (χ0v) is 14.0. The van der Waals surface area contributed by atoms with Crippen LogP contribution in [0.1, 0.15) is 18.1 Å². The van der Waals surface area contributed by atoms with Gasteiger partial charge in [-0.1, -0.05) is 29.8 Å². The van der Waals surface area contributed by atoms with Crippen molar-refractivity contribution in [3.63, 3.8) is 0 Å². The van der Waals surface area contributed by atoms with E-state index in [2.05, 4.69) is 5.32 Å². The second-order valence-corrected chi connectivity index (χ2v) is 6.80. The highest BCUT2D eigenvalue weighted by molar-refractivity contribution is 7.99. The molecule has 0 aromatic heterocycles. The van der Waals surface area contributed by atoms with E-state index in [0.717, 1.165) is 5.56 Å². The van der Waals surface area contributed by atoms with Gasteiger partial charge in [0.2, 0.25) is 5.91 Å². The highest BCUT2D eigenvalue weighted by atomic mass is 35.5. The molecule has 1 N–H and O–H groups in total. The van der Waals surface area contributed by atoms with E-state index in [1.165, 1.54) is 17.8 Å². The number of carbonyl (C=O) groups is 1. The standard InChI is InChI=1S/C17H17ClFNOS/c1-11-6-7-15(9-16(11)19)20-17(21)12(2)22-10-13-4-3-5-14(18)8-13/h3-9,12H,10H2,1-2H3,(H,20,21)/t12-/m0/s1. The third-order valence-electron chi connectivity index (χ3n) is 3.20. The molecule has 22 heavy (non-hydrogen) atoms. The molecule has 0 aliphatic carbocycles. The summed E-state index contributed by atoms with van der Waals surface area (Å²) in [5, 5.41) is 3.17. The molecule has 0 unspecified atom stereocenters. The molecule has 1 atom stereocenters. The van der Waals surface area contributed by atoms with Crippen molar-refractivity contribution in [3.05, 3.63) is 64.4 Å². The number of rotatable bonds is 5. The average molecular weight is 338 g/mol. The number of aryl methyl sites for hydroxylation is 1. The van der Waals surface area contributed by atoms with Crippen LogP contribution in [0.4, 0.5) is 10.1 Å². The third kappa shape index (κ3) is 4.75. The Labute approximate surface area is 139 Å². The number of thioether (sulfide) groups is 1. The Balaban J connectivity index is 1.90. The van der Waals surface area contributed by atoms with E-state index in [0.29, 0.717) is 22.0 Å². The van der Waals surface area contributed by atoms with Gasteiger partial charge in [-0.3, -0.25) is 4.79 Å². The quantitative estimate of drug-likeness (QED) is 0.827. The number of nitrogens with one attached hydrogen (secondary N) is 1. The topological polar surface area (TPSA) is 29.1 Å². The lowest BCUT2D eigenvalue weighted by Crippen LogP contribution is -2.22. The van der Waals surface area contributed by atoms with E-state index in [1.54, 1.807) is 19.1 Å². The number of hydrogen-bond donors (Lipinski definition) is 1. The zero-order chi connectivity index (χ0) is 16.1. The van der Waals surface area contributed by atoms with Crippen LogP contribution in [0.5, 0.6) is 0 Å². The minimum Gasteiger partial charge on any atom is -0.325 e. The lowest BCUT2D eigenvalue weighted by Gasteiger charge is -2.12. The van der Waals surface area contributed by atoms with Gasteiger partial charge >= 0.3 is 0 Å². The van der Waals surface area contributed by atoms with Crippen molar-refractivity contribution in [1.82, 2.24) is 0 Å². The Bertz CT molecular complexity index is 677. The number of benzene rings is 2. The van der Waals surface area contributed by atoms with Crippen LogP contribution in [0.25, 0.3) is 0 Å². The molecule has 2 rings (SSSR count). The van der Waals surface area contributed by atoms with Gasteiger partial charge < -0.3 is 5.32 Å². The summed E-state index contributed by atoms with van der Waals surface area (Å²) < 4.78 is 13.5. The van der Waals surface area contributed by atoms with Crippen LogP contribution in [-0.2, 0) is 10.5 Å². The van der Waals surface area contributed by atoms with Crippen molar-refractivity contribution in [2.24, 2.45) is 0 Å². The van der Waals surface area contributed by atoms with Gasteiger partial charge in [0.25, 0.3) is 0 Å². The van der Waals surface area contributed by atoms with Crippen LogP contribution in [-0.4, -0.2) is 11.2 Å².